The summed E-state index contributed by atoms with van der Waals surface area (Å²) >= 11 is 0. The quantitative estimate of drug-likeness (QED) is 0.558. The van der Waals surface area contributed by atoms with Crippen LogP contribution in [0.25, 0.3) is 0 Å². The predicted molar refractivity (Wildman–Crippen MR) is 51.3 cm³/mol. The van der Waals surface area contributed by atoms with Crippen molar-refractivity contribution in [3.05, 3.63) is 0 Å². The number of nitrogens with zero attached hydrogens (tertiary/aromatic N) is 2. The molecule has 0 aromatic heterocycles. The van der Waals surface area contributed by atoms with Gasteiger partial charge in [0.1, 0.15) is 0 Å². The summed E-state index contributed by atoms with van der Waals surface area (Å²) in [4.78, 5) is 2.37. The number of hydrogen-bond donors (Lipinski definition) is 0. The fourth-order valence-corrected chi connectivity index (χ4v) is 1.44. The van der Waals surface area contributed by atoms with Crippen molar-refractivity contribution in [2.45, 2.75) is 32.2 Å². The molecule has 1 fully saturated rings. The third-order valence-corrected chi connectivity index (χ3v) is 2.30. The molecule has 0 aromatic carbocycles. The summed E-state index contributed by atoms with van der Waals surface area (Å²) in [6.07, 6.45) is 3.25. The molecule has 0 N–H and O–H groups in total. The van der Waals surface area contributed by atoms with Gasteiger partial charge in [0.2, 0.25) is 0 Å². The maximum absolute atomic E-state index is 8.48. The zero-order valence-electron chi connectivity index (χ0n) is 8.33. The van der Waals surface area contributed by atoms with Crippen LogP contribution >= 0.6 is 0 Å². The fraction of sp³-hybridized carbons (Fsp3) is 0.900. The molecular weight excluding hydrogens is 164 g/mol. The van der Waals surface area contributed by atoms with Gasteiger partial charge in [-0.1, -0.05) is 0 Å². The van der Waals surface area contributed by atoms with Gasteiger partial charge in [-0.2, -0.15) is 5.26 Å². The van der Waals surface area contributed by atoms with Crippen molar-refractivity contribution < 1.29 is 4.74 Å². The molecule has 74 valence electrons. The maximum atomic E-state index is 8.48. The first kappa shape index (κ1) is 10.5. The summed E-state index contributed by atoms with van der Waals surface area (Å²) in [7, 11) is 0. The lowest BCUT2D eigenvalue weighted by Gasteiger charge is -2.19. The van der Waals surface area contributed by atoms with E-state index < -0.39 is 0 Å². The van der Waals surface area contributed by atoms with Crippen LogP contribution in [0.5, 0.6) is 0 Å². The van der Waals surface area contributed by atoms with Crippen molar-refractivity contribution >= 4 is 0 Å². The standard InChI is InChI=1S/C10H18N2O/c1-2-13-9-8-12(7-3-6-11)10-4-5-10/h10H,2-5,7-9H2,1H3. The number of nitriles is 1. The van der Waals surface area contributed by atoms with E-state index in [-0.39, 0.29) is 0 Å². The Morgan fingerprint density at radius 1 is 1.46 bits per heavy atom. The molecule has 1 saturated carbocycles. The zero-order chi connectivity index (χ0) is 9.52. The van der Waals surface area contributed by atoms with E-state index in [1.165, 1.54) is 12.8 Å². The maximum Gasteiger partial charge on any atom is 0.0635 e. The summed E-state index contributed by atoms with van der Waals surface area (Å²) < 4.78 is 5.30. The Bertz CT molecular complexity index is 172. The fourth-order valence-electron chi connectivity index (χ4n) is 1.44. The summed E-state index contributed by atoms with van der Waals surface area (Å²) in [6.45, 7) is 5.50. The number of hydrogen-bond acceptors (Lipinski definition) is 3. The van der Waals surface area contributed by atoms with E-state index in [1.807, 2.05) is 6.92 Å². The van der Waals surface area contributed by atoms with Crippen LogP contribution in [0.2, 0.25) is 0 Å². The molecule has 0 atom stereocenters. The molecule has 3 heteroatoms. The van der Waals surface area contributed by atoms with Gasteiger partial charge in [-0.3, -0.25) is 4.90 Å². The van der Waals surface area contributed by atoms with Gasteiger partial charge in [0, 0.05) is 32.2 Å². The molecule has 3 nitrogen and oxygen atoms in total. The molecule has 13 heavy (non-hydrogen) atoms. The van der Waals surface area contributed by atoms with E-state index in [4.69, 9.17) is 10.00 Å². The highest BCUT2D eigenvalue weighted by Gasteiger charge is 2.27. The Labute approximate surface area is 80.3 Å². The van der Waals surface area contributed by atoms with Crippen molar-refractivity contribution in [2.75, 3.05) is 26.3 Å². The monoisotopic (exact) mass is 182 g/mol. The van der Waals surface area contributed by atoms with Gasteiger partial charge in [-0.25, -0.2) is 0 Å². The molecule has 1 aliphatic rings. The van der Waals surface area contributed by atoms with E-state index >= 15 is 0 Å². The minimum Gasteiger partial charge on any atom is -0.380 e. The molecule has 0 aliphatic heterocycles. The molecule has 0 aromatic rings. The Kier molecular flexibility index (Phi) is 4.81. The molecular formula is C10H18N2O. The largest absolute Gasteiger partial charge is 0.380 e. The van der Waals surface area contributed by atoms with Gasteiger partial charge < -0.3 is 4.74 Å². The van der Waals surface area contributed by atoms with Crippen LogP contribution in [0.15, 0.2) is 0 Å². The van der Waals surface area contributed by atoms with E-state index in [0.29, 0.717) is 6.42 Å². The molecule has 0 saturated heterocycles. The van der Waals surface area contributed by atoms with Crippen LogP contribution in [0.4, 0.5) is 0 Å². The summed E-state index contributed by atoms with van der Waals surface area (Å²) in [6, 6.07) is 2.93. The van der Waals surface area contributed by atoms with Crippen molar-refractivity contribution in [3.63, 3.8) is 0 Å². The van der Waals surface area contributed by atoms with E-state index in [2.05, 4.69) is 11.0 Å². The van der Waals surface area contributed by atoms with Crippen LogP contribution in [-0.4, -0.2) is 37.2 Å². The predicted octanol–water partition coefficient (Wildman–Crippen LogP) is 1.40. The smallest absolute Gasteiger partial charge is 0.0635 e. The van der Waals surface area contributed by atoms with Gasteiger partial charge in [0.15, 0.2) is 0 Å². The molecule has 0 spiro atoms. The van der Waals surface area contributed by atoms with Crippen molar-refractivity contribution in [2.24, 2.45) is 0 Å². The molecule has 0 unspecified atom stereocenters. The van der Waals surface area contributed by atoms with Crippen molar-refractivity contribution in [1.29, 1.82) is 5.26 Å². The number of ether oxygens (including phenoxy) is 1. The average molecular weight is 182 g/mol. The second-order valence-electron chi connectivity index (χ2n) is 3.37. The lowest BCUT2D eigenvalue weighted by molar-refractivity contribution is 0.111. The normalized spacial score (nSPS) is 16.1. The van der Waals surface area contributed by atoms with Crippen LogP contribution < -0.4 is 0 Å². The highest BCUT2D eigenvalue weighted by atomic mass is 16.5. The van der Waals surface area contributed by atoms with Gasteiger partial charge in [0.05, 0.1) is 12.7 Å². The first-order valence-corrected chi connectivity index (χ1v) is 5.07. The van der Waals surface area contributed by atoms with Gasteiger partial charge >= 0.3 is 0 Å². The van der Waals surface area contributed by atoms with E-state index in [0.717, 1.165) is 32.3 Å². The van der Waals surface area contributed by atoms with E-state index in [1.54, 1.807) is 0 Å². The molecule has 1 aliphatic carbocycles. The van der Waals surface area contributed by atoms with Crippen LogP contribution in [0.3, 0.4) is 0 Å². The zero-order valence-corrected chi connectivity index (χ0v) is 8.33. The van der Waals surface area contributed by atoms with Gasteiger partial charge in [0.25, 0.3) is 0 Å². The highest BCUT2D eigenvalue weighted by Crippen LogP contribution is 2.26. The average Bonchev–Trinajstić information content (AvgIpc) is 2.94. The first-order chi connectivity index (χ1) is 6.38. The molecule has 0 amide bonds. The second-order valence-corrected chi connectivity index (χ2v) is 3.37. The topological polar surface area (TPSA) is 36.3 Å². The third kappa shape index (κ3) is 4.25. The summed E-state index contributed by atoms with van der Waals surface area (Å²) in [5.41, 5.74) is 0. The highest BCUT2D eigenvalue weighted by molar-refractivity contribution is 4.86. The molecule has 0 bridgehead atoms. The Morgan fingerprint density at radius 2 is 2.23 bits per heavy atom. The van der Waals surface area contributed by atoms with Gasteiger partial charge in [-0.15, -0.1) is 0 Å². The van der Waals surface area contributed by atoms with Gasteiger partial charge in [-0.05, 0) is 19.8 Å². The van der Waals surface area contributed by atoms with Crippen LogP contribution in [0, 0.1) is 11.3 Å². The first-order valence-electron chi connectivity index (χ1n) is 5.07. The minimum absolute atomic E-state index is 0.641. The van der Waals surface area contributed by atoms with Crippen LogP contribution in [-0.2, 0) is 4.74 Å². The second kappa shape index (κ2) is 5.95. The van der Waals surface area contributed by atoms with Crippen LogP contribution in [0.1, 0.15) is 26.2 Å². The Balaban J connectivity index is 2.10. The Hall–Kier alpha value is -0.590. The SMILES string of the molecule is CCOCCN(CCC#N)C1CC1. The lowest BCUT2D eigenvalue weighted by Crippen LogP contribution is -2.30. The minimum atomic E-state index is 0.641. The Morgan fingerprint density at radius 3 is 2.77 bits per heavy atom. The number of rotatable bonds is 7. The molecule has 0 radical (unpaired) electrons. The summed E-state index contributed by atoms with van der Waals surface area (Å²) in [5.74, 6) is 0. The van der Waals surface area contributed by atoms with E-state index in [9.17, 15) is 0 Å². The molecule has 0 heterocycles. The summed E-state index contributed by atoms with van der Waals surface area (Å²) in [5, 5.41) is 8.48. The van der Waals surface area contributed by atoms with Crippen molar-refractivity contribution in [1.82, 2.24) is 4.90 Å². The lowest BCUT2D eigenvalue weighted by atomic mass is 10.4. The van der Waals surface area contributed by atoms with Crippen molar-refractivity contribution in [3.8, 4) is 6.07 Å². The molecule has 1 rings (SSSR count). The third-order valence-electron chi connectivity index (χ3n) is 2.30.